The fourth-order valence-electron chi connectivity index (χ4n) is 1.45. The maximum absolute atomic E-state index is 12.7. The zero-order valence-corrected chi connectivity index (χ0v) is 11.0. The highest BCUT2D eigenvalue weighted by Crippen LogP contribution is 2.05. The lowest BCUT2D eigenvalue weighted by molar-refractivity contribution is 0.0952. The number of nitrogens with one attached hydrogen (secondary N) is 1. The van der Waals surface area contributed by atoms with Gasteiger partial charge in [0.2, 0.25) is 0 Å². The van der Waals surface area contributed by atoms with Crippen molar-refractivity contribution in [3.63, 3.8) is 0 Å². The molecule has 1 aromatic heterocycles. The summed E-state index contributed by atoms with van der Waals surface area (Å²) in [6.45, 7) is 1.04. The number of aromatic nitrogens is 2. The molecule has 0 spiro atoms. The van der Waals surface area contributed by atoms with Gasteiger partial charge in [-0.1, -0.05) is 0 Å². The van der Waals surface area contributed by atoms with E-state index in [1.807, 2.05) is 6.20 Å². The van der Waals surface area contributed by atoms with E-state index in [-0.39, 0.29) is 11.7 Å². The van der Waals surface area contributed by atoms with Crippen molar-refractivity contribution >= 4 is 21.8 Å². The number of carbonyl (C=O) groups excluding carboxylic acids is 1. The van der Waals surface area contributed by atoms with Crippen LogP contribution in [0.15, 0.2) is 41.1 Å². The molecule has 0 atom stereocenters. The number of nitrogens with zero attached hydrogens (tertiary/aromatic N) is 2. The maximum atomic E-state index is 12.7. The van der Waals surface area contributed by atoms with Crippen LogP contribution in [0.4, 0.5) is 4.39 Å². The Morgan fingerprint density at radius 2 is 2.11 bits per heavy atom. The molecule has 0 fully saturated rings. The van der Waals surface area contributed by atoms with Gasteiger partial charge in [0, 0.05) is 18.3 Å². The minimum absolute atomic E-state index is 0.221. The molecule has 1 N–H and O–H groups in total. The van der Waals surface area contributed by atoms with Gasteiger partial charge in [0.25, 0.3) is 5.91 Å². The van der Waals surface area contributed by atoms with Crippen molar-refractivity contribution in [3.05, 3.63) is 52.5 Å². The molecule has 0 radical (unpaired) electrons. The van der Waals surface area contributed by atoms with Crippen molar-refractivity contribution in [1.29, 1.82) is 0 Å². The van der Waals surface area contributed by atoms with Gasteiger partial charge in [-0.3, -0.25) is 9.48 Å². The molecule has 18 heavy (non-hydrogen) atoms. The zero-order chi connectivity index (χ0) is 13.0. The van der Waals surface area contributed by atoms with E-state index in [4.69, 9.17) is 0 Å². The van der Waals surface area contributed by atoms with Crippen molar-refractivity contribution in [2.24, 2.45) is 0 Å². The number of benzene rings is 1. The van der Waals surface area contributed by atoms with E-state index in [0.717, 1.165) is 4.47 Å². The van der Waals surface area contributed by atoms with E-state index < -0.39 is 0 Å². The fraction of sp³-hybridized carbons (Fsp3) is 0.167. The van der Waals surface area contributed by atoms with Gasteiger partial charge in [-0.2, -0.15) is 5.10 Å². The number of halogens is 2. The average molecular weight is 312 g/mol. The Labute approximate surface area is 112 Å². The molecule has 6 heteroatoms. The average Bonchev–Trinajstić information content (AvgIpc) is 2.76. The molecule has 0 saturated heterocycles. The molecular weight excluding hydrogens is 301 g/mol. The lowest BCUT2D eigenvalue weighted by atomic mass is 10.2. The van der Waals surface area contributed by atoms with Crippen molar-refractivity contribution in [2.45, 2.75) is 6.54 Å². The number of hydrogen-bond acceptors (Lipinski definition) is 2. The Morgan fingerprint density at radius 3 is 2.72 bits per heavy atom. The summed E-state index contributed by atoms with van der Waals surface area (Å²) >= 11 is 3.29. The first-order chi connectivity index (χ1) is 8.65. The minimum atomic E-state index is -0.354. The molecule has 1 amide bonds. The predicted molar refractivity (Wildman–Crippen MR) is 68.7 cm³/mol. The first-order valence-corrected chi connectivity index (χ1v) is 6.16. The Hall–Kier alpha value is -1.69. The summed E-state index contributed by atoms with van der Waals surface area (Å²) in [4.78, 5) is 11.7. The molecule has 0 aliphatic heterocycles. The van der Waals surface area contributed by atoms with Crippen LogP contribution in [0.1, 0.15) is 10.4 Å². The molecule has 4 nitrogen and oxygen atoms in total. The predicted octanol–water partition coefficient (Wildman–Crippen LogP) is 2.21. The SMILES string of the molecule is O=C(NCCn1cc(Br)cn1)c1ccc(F)cc1. The molecule has 1 heterocycles. The third-order valence-corrected chi connectivity index (χ3v) is 2.74. The quantitative estimate of drug-likeness (QED) is 0.941. The molecule has 94 valence electrons. The summed E-state index contributed by atoms with van der Waals surface area (Å²) in [6.07, 6.45) is 3.51. The molecule has 0 bridgehead atoms. The summed E-state index contributed by atoms with van der Waals surface area (Å²) < 4.78 is 15.3. The van der Waals surface area contributed by atoms with Crippen molar-refractivity contribution in [1.82, 2.24) is 15.1 Å². The Balaban J connectivity index is 1.83. The Kier molecular flexibility index (Phi) is 4.09. The molecule has 2 rings (SSSR count). The lowest BCUT2D eigenvalue weighted by Crippen LogP contribution is -2.27. The van der Waals surface area contributed by atoms with Crippen molar-refractivity contribution in [3.8, 4) is 0 Å². The van der Waals surface area contributed by atoms with Crippen LogP contribution in [0.2, 0.25) is 0 Å². The lowest BCUT2D eigenvalue weighted by Gasteiger charge is -2.05. The molecular formula is C12H11BrFN3O. The van der Waals surface area contributed by atoms with E-state index in [1.165, 1.54) is 24.3 Å². The van der Waals surface area contributed by atoms with Gasteiger partial charge < -0.3 is 5.32 Å². The van der Waals surface area contributed by atoms with Gasteiger partial charge in [-0.05, 0) is 40.2 Å². The number of rotatable bonds is 4. The van der Waals surface area contributed by atoms with E-state index in [0.29, 0.717) is 18.7 Å². The minimum Gasteiger partial charge on any atom is -0.350 e. The normalized spacial score (nSPS) is 10.3. The Bertz CT molecular complexity index is 539. The van der Waals surface area contributed by atoms with Gasteiger partial charge in [0.1, 0.15) is 5.82 Å². The highest BCUT2D eigenvalue weighted by molar-refractivity contribution is 9.10. The highest BCUT2D eigenvalue weighted by Gasteiger charge is 2.04. The van der Waals surface area contributed by atoms with E-state index in [1.54, 1.807) is 10.9 Å². The van der Waals surface area contributed by atoms with Crippen LogP contribution in [0.5, 0.6) is 0 Å². The van der Waals surface area contributed by atoms with E-state index in [9.17, 15) is 9.18 Å². The fourth-order valence-corrected chi connectivity index (χ4v) is 1.78. The summed E-state index contributed by atoms with van der Waals surface area (Å²) in [5.74, 6) is -0.575. The highest BCUT2D eigenvalue weighted by atomic mass is 79.9. The van der Waals surface area contributed by atoms with Crippen LogP contribution in [-0.2, 0) is 6.54 Å². The molecule has 2 aromatic rings. The third-order valence-electron chi connectivity index (χ3n) is 2.33. The summed E-state index contributed by atoms with van der Waals surface area (Å²) in [5, 5.41) is 6.80. The monoisotopic (exact) mass is 311 g/mol. The first-order valence-electron chi connectivity index (χ1n) is 5.37. The van der Waals surface area contributed by atoms with Gasteiger partial charge >= 0.3 is 0 Å². The first kappa shape index (κ1) is 12.8. The summed E-state index contributed by atoms with van der Waals surface area (Å²) in [5.41, 5.74) is 0.443. The van der Waals surface area contributed by atoms with Gasteiger partial charge in [-0.15, -0.1) is 0 Å². The van der Waals surface area contributed by atoms with Crippen LogP contribution in [0.3, 0.4) is 0 Å². The van der Waals surface area contributed by atoms with Crippen LogP contribution < -0.4 is 5.32 Å². The zero-order valence-electron chi connectivity index (χ0n) is 9.44. The molecule has 0 unspecified atom stereocenters. The van der Waals surface area contributed by atoms with Crippen LogP contribution >= 0.6 is 15.9 Å². The standard InChI is InChI=1S/C12H11BrFN3O/c13-10-7-16-17(8-10)6-5-15-12(18)9-1-3-11(14)4-2-9/h1-4,7-8H,5-6H2,(H,15,18). The van der Waals surface area contributed by atoms with Gasteiger partial charge in [-0.25, -0.2) is 4.39 Å². The third kappa shape index (κ3) is 3.40. The maximum Gasteiger partial charge on any atom is 0.251 e. The number of carbonyl (C=O) groups is 1. The van der Waals surface area contributed by atoms with Gasteiger partial charge in [0.05, 0.1) is 17.2 Å². The van der Waals surface area contributed by atoms with Gasteiger partial charge in [0.15, 0.2) is 0 Å². The van der Waals surface area contributed by atoms with Crippen LogP contribution in [0.25, 0.3) is 0 Å². The summed E-state index contributed by atoms with van der Waals surface area (Å²) in [6, 6.07) is 5.43. The molecule has 0 aliphatic rings. The molecule has 1 aromatic carbocycles. The topological polar surface area (TPSA) is 46.9 Å². The second-order valence-corrected chi connectivity index (χ2v) is 4.60. The smallest absolute Gasteiger partial charge is 0.251 e. The molecule has 0 aliphatic carbocycles. The van der Waals surface area contributed by atoms with Crippen molar-refractivity contribution < 1.29 is 9.18 Å². The summed E-state index contributed by atoms with van der Waals surface area (Å²) in [7, 11) is 0. The Morgan fingerprint density at radius 1 is 1.39 bits per heavy atom. The second kappa shape index (κ2) is 5.77. The van der Waals surface area contributed by atoms with E-state index >= 15 is 0 Å². The van der Waals surface area contributed by atoms with Crippen molar-refractivity contribution in [2.75, 3.05) is 6.54 Å². The number of hydrogen-bond donors (Lipinski definition) is 1. The molecule has 0 saturated carbocycles. The van der Waals surface area contributed by atoms with Crippen LogP contribution in [0, 0.1) is 5.82 Å². The number of amides is 1. The van der Waals surface area contributed by atoms with E-state index in [2.05, 4.69) is 26.3 Å². The second-order valence-electron chi connectivity index (χ2n) is 3.68. The largest absolute Gasteiger partial charge is 0.350 e. The van der Waals surface area contributed by atoms with Crippen LogP contribution in [-0.4, -0.2) is 22.2 Å².